The normalized spacial score (nSPS) is 19.5. The van der Waals surface area contributed by atoms with Crippen LogP contribution in [-0.2, 0) is 11.2 Å². The molecule has 22 heavy (non-hydrogen) atoms. The fourth-order valence-electron chi connectivity index (χ4n) is 3.33. The van der Waals surface area contributed by atoms with Crippen LogP contribution in [0.4, 0.5) is 0 Å². The average Bonchev–Trinajstić information content (AvgIpc) is 2.96. The number of esters is 1. The van der Waals surface area contributed by atoms with Crippen molar-refractivity contribution in [3.63, 3.8) is 0 Å². The monoisotopic (exact) mass is 301 g/mol. The van der Waals surface area contributed by atoms with E-state index >= 15 is 0 Å². The number of pyridine rings is 1. The lowest BCUT2D eigenvalue weighted by atomic mass is 9.94. The van der Waals surface area contributed by atoms with Gasteiger partial charge in [0.25, 0.3) is 0 Å². The summed E-state index contributed by atoms with van der Waals surface area (Å²) in [5, 5.41) is 0. The minimum absolute atomic E-state index is 0.329. The van der Waals surface area contributed by atoms with Gasteiger partial charge in [-0.1, -0.05) is 13.0 Å². The lowest BCUT2D eigenvalue weighted by Crippen LogP contribution is -2.35. The summed E-state index contributed by atoms with van der Waals surface area (Å²) in [4.78, 5) is 19.0. The first kappa shape index (κ1) is 15.0. The molecule has 0 bridgehead atoms. The van der Waals surface area contributed by atoms with Crippen molar-refractivity contribution in [3.8, 4) is 0 Å². The molecule has 0 saturated carbocycles. The van der Waals surface area contributed by atoms with Crippen molar-refractivity contribution in [2.75, 3.05) is 26.7 Å². The second-order valence-electron chi connectivity index (χ2n) is 5.97. The van der Waals surface area contributed by atoms with E-state index in [1.54, 1.807) is 6.07 Å². The maximum atomic E-state index is 11.8. The van der Waals surface area contributed by atoms with Crippen LogP contribution in [0.1, 0.15) is 35.9 Å². The van der Waals surface area contributed by atoms with Gasteiger partial charge in [0, 0.05) is 12.7 Å². The van der Waals surface area contributed by atoms with Gasteiger partial charge in [-0.2, -0.15) is 0 Å². The Morgan fingerprint density at radius 1 is 1.45 bits per heavy atom. The molecular weight excluding hydrogens is 278 g/mol. The molecule has 1 saturated heterocycles. The third-order valence-electron chi connectivity index (χ3n) is 4.48. The summed E-state index contributed by atoms with van der Waals surface area (Å²) in [6.07, 6.45) is 5.47. The lowest BCUT2D eigenvalue weighted by molar-refractivity contribution is 0.0592. The quantitative estimate of drug-likeness (QED) is 0.814. The van der Waals surface area contributed by atoms with Crippen molar-refractivity contribution >= 4 is 11.6 Å². The molecule has 0 spiro atoms. The molecule has 0 aliphatic carbocycles. The Kier molecular flexibility index (Phi) is 4.43. The van der Waals surface area contributed by atoms with Crippen LogP contribution >= 0.6 is 0 Å². The molecule has 0 amide bonds. The van der Waals surface area contributed by atoms with E-state index in [1.807, 2.05) is 22.7 Å². The first-order valence-corrected chi connectivity index (χ1v) is 7.99. The average molecular weight is 301 g/mol. The molecule has 0 aromatic carbocycles. The highest BCUT2D eigenvalue weighted by Gasteiger charge is 2.20. The van der Waals surface area contributed by atoms with Gasteiger partial charge in [-0.25, -0.2) is 9.78 Å². The summed E-state index contributed by atoms with van der Waals surface area (Å²) in [5.74, 6) is 0.324. The summed E-state index contributed by atoms with van der Waals surface area (Å²) in [7, 11) is 1.40. The van der Waals surface area contributed by atoms with E-state index in [0.29, 0.717) is 11.6 Å². The smallest absolute Gasteiger partial charge is 0.355 e. The summed E-state index contributed by atoms with van der Waals surface area (Å²) < 4.78 is 6.67. The van der Waals surface area contributed by atoms with Gasteiger partial charge in [-0.15, -0.1) is 0 Å². The number of fused-ring (bicyclic) bond motifs is 1. The topological polar surface area (TPSA) is 46.8 Å². The van der Waals surface area contributed by atoms with Crippen LogP contribution in [0.15, 0.2) is 24.4 Å². The van der Waals surface area contributed by atoms with Crippen molar-refractivity contribution in [1.29, 1.82) is 0 Å². The van der Waals surface area contributed by atoms with Crippen LogP contribution in [-0.4, -0.2) is 47.0 Å². The number of ether oxygens (including phenoxy) is 1. The van der Waals surface area contributed by atoms with Crippen LogP contribution in [0.3, 0.4) is 0 Å². The van der Waals surface area contributed by atoms with E-state index in [-0.39, 0.29) is 5.97 Å². The van der Waals surface area contributed by atoms with Gasteiger partial charge in [0.05, 0.1) is 12.8 Å². The van der Waals surface area contributed by atoms with Crippen LogP contribution in [0.25, 0.3) is 5.65 Å². The number of imidazole rings is 1. The minimum atomic E-state index is -0.329. The highest BCUT2D eigenvalue weighted by atomic mass is 16.5. The number of piperidine rings is 1. The number of aromatic nitrogens is 2. The third kappa shape index (κ3) is 2.99. The molecular formula is C17H23N3O2. The molecule has 1 fully saturated rings. The van der Waals surface area contributed by atoms with Crippen molar-refractivity contribution in [1.82, 2.24) is 14.3 Å². The number of likely N-dealkylation sites (tertiary alicyclic amines) is 1. The molecule has 1 aliphatic heterocycles. The van der Waals surface area contributed by atoms with Crippen LogP contribution < -0.4 is 0 Å². The van der Waals surface area contributed by atoms with Gasteiger partial charge < -0.3 is 9.64 Å². The Labute approximate surface area is 130 Å². The van der Waals surface area contributed by atoms with E-state index in [1.165, 1.54) is 26.5 Å². The molecule has 2 aromatic heterocycles. The Balaban J connectivity index is 1.81. The SMILES string of the molecule is CCN1CCCC(Cc2cn3c(C(=O)OC)cccc3n2)C1. The van der Waals surface area contributed by atoms with E-state index in [0.717, 1.165) is 30.9 Å². The van der Waals surface area contributed by atoms with Gasteiger partial charge in [0.1, 0.15) is 11.3 Å². The van der Waals surface area contributed by atoms with E-state index < -0.39 is 0 Å². The number of methoxy groups -OCH3 is 1. The molecule has 3 heterocycles. The lowest BCUT2D eigenvalue weighted by Gasteiger charge is -2.31. The predicted molar refractivity (Wildman–Crippen MR) is 85.1 cm³/mol. The molecule has 1 atom stereocenters. The summed E-state index contributed by atoms with van der Waals surface area (Å²) >= 11 is 0. The molecule has 0 radical (unpaired) electrons. The number of nitrogens with zero attached hydrogens (tertiary/aromatic N) is 3. The van der Waals surface area contributed by atoms with Gasteiger partial charge in [-0.3, -0.25) is 4.40 Å². The standard InChI is InChI=1S/C17H23N3O2/c1-3-19-9-5-6-13(11-19)10-14-12-20-15(17(21)22-2)7-4-8-16(20)18-14/h4,7-8,12-13H,3,5-6,9-11H2,1-2H3. The largest absolute Gasteiger partial charge is 0.464 e. The second-order valence-corrected chi connectivity index (χ2v) is 5.97. The number of carbonyl (C=O) groups excluding carboxylic acids is 1. The Morgan fingerprint density at radius 3 is 3.09 bits per heavy atom. The third-order valence-corrected chi connectivity index (χ3v) is 4.48. The molecule has 5 heteroatoms. The van der Waals surface area contributed by atoms with E-state index in [9.17, 15) is 4.79 Å². The maximum Gasteiger partial charge on any atom is 0.355 e. The van der Waals surface area contributed by atoms with Crippen molar-refractivity contribution in [2.24, 2.45) is 5.92 Å². The zero-order valence-corrected chi connectivity index (χ0v) is 13.3. The molecule has 5 nitrogen and oxygen atoms in total. The van der Waals surface area contributed by atoms with Crippen molar-refractivity contribution in [3.05, 3.63) is 35.8 Å². The van der Waals surface area contributed by atoms with Gasteiger partial charge in [0.15, 0.2) is 0 Å². The van der Waals surface area contributed by atoms with E-state index in [4.69, 9.17) is 4.74 Å². The first-order chi connectivity index (χ1) is 10.7. The molecule has 1 aliphatic rings. The van der Waals surface area contributed by atoms with Gasteiger partial charge >= 0.3 is 5.97 Å². The van der Waals surface area contributed by atoms with E-state index in [2.05, 4.69) is 16.8 Å². The molecule has 0 N–H and O–H groups in total. The van der Waals surface area contributed by atoms with Crippen LogP contribution in [0, 0.1) is 5.92 Å². The first-order valence-electron chi connectivity index (χ1n) is 7.99. The Hall–Kier alpha value is -1.88. The van der Waals surface area contributed by atoms with Gasteiger partial charge in [0.2, 0.25) is 0 Å². The number of hydrogen-bond donors (Lipinski definition) is 0. The summed E-state index contributed by atoms with van der Waals surface area (Å²) in [6.45, 7) is 5.70. The summed E-state index contributed by atoms with van der Waals surface area (Å²) in [5.41, 5.74) is 2.39. The van der Waals surface area contributed by atoms with Crippen molar-refractivity contribution < 1.29 is 9.53 Å². The number of hydrogen-bond acceptors (Lipinski definition) is 4. The molecule has 118 valence electrons. The molecule has 1 unspecified atom stereocenters. The van der Waals surface area contributed by atoms with Crippen LogP contribution in [0.5, 0.6) is 0 Å². The fraction of sp³-hybridized carbons (Fsp3) is 0.529. The zero-order chi connectivity index (χ0) is 15.5. The highest BCUT2D eigenvalue weighted by Crippen LogP contribution is 2.21. The Bertz CT molecular complexity index is 665. The number of rotatable bonds is 4. The van der Waals surface area contributed by atoms with Crippen molar-refractivity contribution in [2.45, 2.75) is 26.2 Å². The highest BCUT2D eigenvalue weighted by molar-refractivity contribution is 5.88. The predicted octanol–water partition coefficient (Wildman–Crippen LogP) is 2.40. The second kappa shape index (κ2) is 6.48. The number of carbonyl (C=O) groups is 1. The molecule has 2 aromatic rings. The minimum Gasteiger partial charge on any atom is -0.464 e. The summed E-state index contributed by atoms with van der Waals surface area (Å²) in [6, 6.07) is 5.54. The maximum absolute atomic E-state index is 11.8. The van der Waals surface area contributed by atoms with Crippen LogP contribution in [0.2, 0.25) is 0 Å². The fourth-order valence-corrected chi connectivity index (χ4v) is 3.33. The van der Waals surface area contributed by atoms with Gasteiger partial charge in [-0.05, 0) is 50.4 Å². The molecule has 3 rings (SSSR count). The Morgan fingerprint density at radius 2 is 2.32 bits per heavy atom. The zero-order valence-electron chi connectivity index (χ0n) is 13.3.